The monoisotopic (exact) mass is 202 g/mol. The van der Waals surface area contributed by atoms with Gasteiger partial charge in [-0.2, -0.15) is 0 Å². The van der Waals surface area contributed by atoms with E-state index >= 15 is 0 Å². The SMILES string of the molecule is CCc1ccccc1C1=CCC(O)CC1. The molecular formula is C14H18O. The van der Waals surface area contributed by atoms with Gasteiger partial charge < -0.3 is 5.11 Å². The molecule has 1 atom stereocenters. The van der Waals surface area contributed by atoms with Crippen molar-refractivity contribution >= 4 is 5.57 Å². The van der Waals surface area contributed by atoms with E-state index in [-0.39, 0.29) is 6.10 Å². The molecule has 80 valence electrons. The summed E-state index contributed by atoms with van der Waals surface area (Å²) in [7, 11) is 0. The standard InChI is InChI=1S/C14H18O/c1-2-11-5-3-4-6-14(11)12-7-9-13(15)10-8-12/h3-7,13,15H,2,8-10H2,1H3. The maximum Gasteiger partial charge on any atom is 0.0578 e. The third-order valence-electron chi connectivity index (χ3n) is 3.13. The van der Waals surface area contributed by atoms with Crippen LogP contribution in [-0.2, 0) is 6.42 Å². The van der Waals surface area contributed by atoms with Crippen LogP contribution in [0.15, 0.2) is 30.3 Å². The maximum atomic E-state index is 9.46. The quantitative estimate of drug-likeness (QED) is 0.781. The van der Waals surface area contributed by atoms with Gasteiger partial charge in [-0.25, -0.2) is 0 Å². The Morgan fingerprint density at radius 1 is 1.33 bits per heavy atom. The van der Waals surface area contributed by atoms with E-state index in [4.69, 9.17) is 0 Å². The van der Waals surface area contributed by atoms with E-state index in [9.17, 15) is 5.11 Å². The molecule has 0 fully saturated rings. The summed E-state index contributed by atoms with van der Waals surface area (Å²) in [5.41, 5.74) is 4.21. The van der Waals surface area contributed by atoms with E-state index in [1.165, 1.54) is 16.7 Å². The fourth-order valence-electron chi connectivity index (χ4n) is 2.21. The van der Waals surface area contributed by atoms with Crippen molar-refractivity contribution in [3.63, 3.8) is 0 Å². The summed E-state index contributed by atoms with van der Waals surface area (Å²) in [6.45, 7) is 2.19. The smallest absolute Gasteiger partial charge is 0.0578 e. The van der Waals surface area contributed by atoms with Crippen molar-refractivity contribution in [1.29, 1.82) is 0 Å². The Balaban J connectivity index is 2.29. The minimum atomic E-state index is -0.123. The third kappa shape index (κ3) is 2.29. The van der Waals surface area contributed by atoms with Crippen LogP contribution in [0.25, 0.3) is 5.57 Å². The van der Waals surface area contributed by atoms with Gasteiger partial charge >= 0.3 is 0 Å². The van der Waals surface area contributed by atoms with Gasteiger partial charge in [0.15, 0.2) is 0 Å². The Kier molecular flexibility index (Phi) is 3.22. The summed E-state index contributed by atoms with van der Waals surface area (Å²) in [6.07, 6.45) is 5.89. The van der Waals surface area contributed by atoms with E-state index in [0.29, 0.717) is 0 Å². The normalized spacial score (nSPS) is 21.2. The van der Waals surface area contributed by atoms with Crippen LogP contribution in [-0.4, -0.2) is 11.2 Å². The minimum absolute atomic E-state index is 0.123. The van der Waals surface area contributed by atoms with Crippen molar-refractivity contribution in [2.45, 2.75) is 38.7 Å². The number of aliphatic hydroxyl groups is 1. The Hall–Kier alpha value is -1.08. The van der Waals surface area contributed by atoms with Gasteiger partial charge in [-0.15, -0.1) is 0 Å². The number of rotatable bonds is 2. The molecule has 0 saturated heterocycles. The molecule has 0 saturated carbocycles. The largest absolute Gasteiger partial charge is 0.393 e. The van der Waals surface area contributed by atoms with E-state index < -0.39 is 0 Å². The molecular weight excluding hydrogens is 184 g/mol. The molecule has 2 rings (SSSR count). The topological polar surface area (TPSA) is 20.2 Å². The summed E-state index contributed by atoms with van der Waals surface area (Å²) in [6, 6.07) is 8.59. The molecule has 0 bridgehead atoms. The highest BCUT2D eigenvalue weighted by Crippen LogP contribution is 2.29. The fourth-order valence-corrected chi connectivity index (χ4v) is 2.21. The van der Waals surface area contributed by atoms with Crippen molar-refractivity contribution in [3.05, 3.63) is 41.5 Å². The van der Waals surface area contributed by atoms with Gasteiger partial charge in [-0.1, -0.05) is 37.3 Å². The predicted molar refractivity (Wildman–Crippen MR) is 63.7 cm³/mol. The highest BCUT2D eigenvalue weighted by molar-refractivity contribution is 5.69. The average molecular weight is 202 g/mol. The molecule has 0 aromatic heterocycles. The average Bonchev–Trinajstić information content (AvgIpc) is 2.30. The third-order valence-corrected chi connectivity index (χ3v) is 3.13. The lowest BCUT2D eigenvalue weighted by molar-refractivity contribution is 0.166. The van der Waals surface area contributed by atoms with Gasteiger partial charge in [0.2, 0.25) is 0 Å². The zero-order valence-corrected chi connectivity index (χ0v) is 9.24. The highest BCUT2D eigenvalue weighted by atomic mass is 16.3. The minimum Gasteiger partial charge on any atom is -0.393 e. The van der Waals surface area contributed by atoms with Crippen molar-refractivity contribution in [2.24, 2.45) is 0 Å². The van der Waals surface area contributed by atoms with Gasteiger partial charge in [0.1, 0.15) is 0 Å². The molecule has 1 aliphatic rings. The van der Waals surface area contributed by atoms with Gasteiger partial charge in [0, 0.05) is 0 Å². The second-order valence-electron chi connectivity index (χ2n) is 4.17. The summed E-state index contributed by atoms with van der Waals surface area (Å²) < 4.78 is 0. The predicted octanol–water partition coefficient (Wildman–Crippen LogP) is 3.18. The molecule has 1 unspecified atom stereocenters. The first-order valence-corrected chi connectivity index (χ1v) is 5.76. The number of aliphatic hydroxyl groups excluding tert-OH is 1. The molecule has 0 amide bonds. The molecule has 0 radical (unpaired) electrons. The molecule has 15 heavy (non-hydrogen) atoms. The maximum absolute atomic E-state index is 9.46. The van der Waals surface area contributed by atoms with Crippen LogP contribution in [0.1, 0.15) is 37.3 Å². The first-order chi connectivity index (χ1) is 7.31. The second-order valence-corrected chi connectivity index (χ2v) is 4.17. The number of aryl methyl sites for hydroxylation is 1. The second kappa shape index (κ2) is 4.63. The Bertz CT molecular complexity index is 365. The van der Waals surface area contributed by atoms with Crippen LogP contribution >= 0.6 is 0 Å². The number of allylic oxidation sites excluding steroid dienone is 1. The molecule has 1 aromatic carbocycles. The zero-order valence-electron chi connectivity index (χ0n) is 9.24. The molecule has 1 heteroatoms. The Morgan fingerprint density at radius 3 is 2.80 bits per heavy atom. The van der Waals surface area contributed by atoms with E-state index in [1.54, 1.807) is 0 Å². The number of benzene rings is 1. The van der Waals surface area contributed by atoms with Crippen molar-refractivity contribution in [3.8, 4) is 0 Å². The van der Waals surface area contributed by atoms with E-state index in [0.717, 1.165) is 25.7 Å². The zero-order chi connectivity index (χ0) is 10.7. The molecule has 0 heterocycles. The van der Waals surface area contributed by atoms with Crippen LogP contribution in [0.2, 0.25) is 0 Å². The molecule has 0 aliphatic heterocycles. The lowest BCUT2D eigenvalue weighted by atomic mass is 9.89. The summed E-state index contributed by atoms with van der Waals surface area (Å²) in [5.74, 6) is 0. The lowest BCUT2D eigenvalue weighted by Crippen LogP contribution is -2.10. The molecule has 1 aliphatic carbocycles. The van der Waals surface area contributed by atoms with Crippen LogP contribution in [0, 0.1) is 0 Å². The molecule has 0 spiro atoms. The summed E-state index contributed by atoms with van der Waals surface area (Å²) in [4.78, 5) is 0. The van der Waals surface area contributed by atoms with Crippen LogP contribution < -0.4 is 0 Å². The van der Waals surface area contributed by atoms with Crippen LogP contribution in [0.4, 0.5) is 0 Å². The van der Waals surface area contributed by atoms with Gasteiger partial charge in [-0.3, -0.25) is 0 Å². The van der Waals surface area contributed by atoms with Gasteiger partial charge in [0.25, 0.3) is 0 Å². The van der Waals surface area contributed by atoms with Crippen molar-refractivity contribution in [1.82, 2.24) is 0 Å². The Morgan fingerprint density at radius 2 is 2.13 bits per heavy atom. The lowest BCUT2D eigenvalue weighted by Gasteiger charge is -2.19. The Labute approximate surface area is 91.4 Å². The molecule has 1 nitrogen and oxygen atoms in total. The van der Waals surface area contributed by atoms with Crippen molar-refractivity contribution < 1.29 is 5.11 Å². The molecule has 1 aromatic rings. The number of hydrogen-bond donors (Lipinski definition) is 1. The van der Waals surface area contributed by atoms with Gasteiger partial charge in [0.05, 0.1) is 6.10 Å². The fraction of sp³-hybridized carbons (Fsp3) is 0.429. The van der Waals surface area contributed by atoms with E-state index in [1.807, 2.05) is 0 Å². The first kappa shape index (κ1) is 10.4. The van der Waals surface area contributed by atoms with Gasteiger partial charge in [-0.05, 0) is 42.4 Å². The first-order valence-electron chi connectivity index (χ1n) is 5.76. The van der Waals surface area contributed by atoms with Crippen molar-refractivity contribution in [2.75, 3.05) is 0 Å². The summed E-state index contributed by atoms with van der Waals surface area (Å²) >= 11 is 0. The molecule has 1 N–H and O–H groups in total. The summed E-state index contributed by atoms with van der Waals surface area (Å²) in [5, 5.41) is 9.46. The van der Waals surface area contributed by atoms with Crippen LogP contribution in [0.5, 0.6) is 0 Å². The van der Waals surface area contributed by atoms with Crippen LogP contribution in [0.3, 0.4) is 0 Å². The highest BCUT2D eigenvalue weighted by Gasteiger charge is 2.13. The van der Waals surface area contributed by atoms with E-state index in [2.05, 4.69) is 37.3 Å². The number of hydrogen-bond acceptors (Lipinski definition) is 1.